The third-order valence-electron chi connectivity index (χ3n) is 3.38. The van der Waals surface area contributed by atoms with E-state index in [0.29, 0.717) is 36.2 Å². The van der Waals surface area contributed by atoms with Gasteiger partial charge in [0, 0.05) is 24.9 Å². The van der Waals surface area contributed by atoms with E-state index in [4.69, 9.17) is 16.0 Å². The Bertz CT molecular complexity index is 342. The third kappa shape index (κ3) is 2.32. The quantitative estimate of drug-likeness (QED) is 0.765. The Morgan fingerprint density at radius 2 is 2.25 bits per heavy atom. The molecule has 0 bridgehead atoms. The van der Waals surface area contributed by atoms with Crippen molar-refractivity contribution in [1.29, 1.82) is 0 Å². The highest BCUT2D eigenvalue weighted by molar-refractivity contribution is 6.17. The summed E-state index contributed by atoms with van der Waals surface area (Å²) in [5.74, 6) is 1.83. The van der Waals surface area contributed by atoms with Crippen LogP contribution in [0.5, 0.6) is 0 Å². The number of aromatic nitrogens is 2. The van der Waals surface area contributed by atoms with Crippen LogP contribution in [0.25, 0.3) is 0 Å². The second-order valence-corrected chi connectivity index (χ2v) is 4.85. The largest absolute Gasteiger partial charge is 0.408 e. The standard InChI is InChI=1S/C11H18ClN3O/c1-8-4-3-7-15(9(8)2)11-14-13-10(16-11)5-6-12/h8-9H,3-7H2,1-2H3. The maximum absolute atomic E-state index is 5.64. The average Bonchev–Trinajstić information content (AvgIpc) is 2.71. The van der Waals surface area contributed by atoms with Gasteiger partial charge in [0.05, 0.1) is 0 Å². The van der Waals surface area contributed by atoms with Gasteiger partial charge in [-0.2, -0.15) is 0 Å². The van der Waals surface area contributed by atoms with E-state index in [1.54, 1.807) is 0 Å². The van der Waals surface area contributed by atoms with Crippen LogP contribution in [-0.4, -0.2) is 28.7 Å². The highest BCUT2D eigenvalue weighted by atomic mass is 35.5. The van der Waals surface area contributed by atoms with Gasteiger partial charge in [0.15, 0.2) is 0 Å². The van der Waals surface area contributed by atoms with Crippen LogP contribution < -0.4 is 4.90 Å². The molecule has 2 unspecified atom stereocenters. The fraction of sp³-hybridized carbons (Fsp3) is 0.818. The molecule has 0 amide bonds. The molecule has 0 saturated carbocycles. The second-order valence-electron chi connectivity index (χ2n) is 4.47. The molecule has 1 aliphatic heterocycles. The molecule has 1 saturated heterocycles. The Hall–Kier alpha value is -0.770. The van der Waals surface area contributed by atoms with Crippen LogP contribution in [0.3, 0.4) is 0 Å². The Morgan fingerprint density at radius 1 is 1.44 bits per heavy atom. The fourth-order valence-electron chi connectivity index (χ4n) is 2.15. The van der Waals surface area contributed by atoms with Crippen LogP contribution in [-0.2, 0) is 6.42 Å². The summed E-state index contributed by atoms with van der Waals surface area (Å²) in [4.78, 5) is 2.21. The molecule has 0 spiro atoms. The summed E-state index contributed by atoms with van der Waals surface area (Å²) in [6.07, 6.45) is 3.12. The fourth-order valence-corrected chi connectivity index (χ4v) is 2.31. The summed E-state index contributed by atoms with van der Waals surface area (Å²) >= 11 is 5.64. The van der Waals surface area contributed by atoms with Crippen LogP contribution in [0, 0.1) is 5.92 Å². The van der Waals surface area contributed by atoms with E-state index in [9.17, 15) is 0 Å². The van der Waals surface area contributed by atoms with Crippen LogP contribution >= 0.6 is 11.6 Å². The minimum Gasteiger partial charge on any atom is -0.408 e. The van der Waals surface area contributed by atoms with E-state index in [0.717, 1.165) is 6.54 Å². The van der Waals surface area contributed by atoms with Gasteiger partial charge in [0.1, 0.15) is 0 Å². The van der Waals surface area contributed by atoms with Crippen molar-refractivity contribution in [3.05, 3.63) is 5.89 Å². The van der Waals surface area contributed by atoms with E-state index in [1.165, 1.54) is 12.8 Å². The number of hydrogen-bond acceptors (Lipinski definition) is 4. The lowest BCUT2D eigenvalue weighted by atomic mass is 9.92. The van der Waals surface area contributed by atoms with Crippen molar-refractivity contribution in [3.63, 3.8) is 0 Å². The van der Waals surface area contributed by atoms with Crippen LogP contribution in [0.4, 0.5) is 6.01 Å². The van der Waals surface area contributed by atoms with Crippen molar-refractivity contribution >= 4 is 17.6 Å². The average molecular weight is 244 g/mol. The zero-order valence-corrected chi connectivity index (χ0v) is 10.6. The van der Waals surface area contributed by atoms with Gasteiger partial charge >= 0.3 is 6.01 Å². The first kappa shape index (κ1) is 11.7. The summed E-state index contributed by atoms with van der Waals surface area (Å²) in [5.41, 5.74) is 0. The van der Waals surface area contributed by atoms with Crippen molar-refractivity contribution in [1.82, 2.24) is 10.2 Å². The van der Waals surface area contributed by atoms with Gasteiger partial charge in [-0.3, -0.25) is 0 Å². The number of anilines is 1. The van der Waals surface area contributed by atoms with Gasteiger partial charge in [0.25, 0.3) is 0 Å². The lowest BCUT2D eigenvalue weighted by Gasteiger charge is -2.36. The molecule has 2 atom stereocenters. The molecular formula is C11H18ClN3O. The number of alkyl halides is 1. The van der Waals surface area contributed by atoms with Gasteiger partial charge < -0.3 is 9.32 Å². The van der Waals surface area contributed by atoms with Gasteiger partial charge in [-0.1, -0.05) is 12.0 Å². The Kier molecular flexibility index (Phi) is 3.69. The maximum atomic E-state index is 5.64. The molecule has 1 aliphatic rings. The molecular weight excluding hydrogens is 226 g/mol. The first-order chi connectivity index (χ1) is 7.72. The predicted octanol–water partition coefficient (Wildman–Crippen LogP) is 2.48. The number of aryl methyl sites for hydroxylation is 1. The van der Waals surface area contributed by atoms with Gasteiger partial charge in [-0.25, -0.2) is 0 Å². The van der Waals surface area contributed by atoms with E-state index in [2.05, 4.69) is 28.9 Å². The molecule has 5 heteroatoms. The van der Waals surface area contributed by atoms with Crippen molar-refractivity contribution in [2.75, 3.05) is 17.3 Å². The van der Waals surface area contributed by atoms with Crippen molar-refractivity contribution in [3.8, 4) is 0 Å². The first-order valence-corrected chi connectivity index (χ1v) is 6.41. The molecule has 2 rings (SSSR count). The summed E-state index contributed by atoms with van der Waals surface area (Å²) in [7, 11) is 0. The lowest BCUT2D eigenvalue weighted by molar-refractivity contribution is 0.340. The van der Waals surface area contributed by atoms with E-state index >= 15 is 0 Å². The van der Waals surface area contributed by atoms with Crippen molar-refractivity contribution in [2.24, 2.45) is 5.92 Å². The van der Waals surface area contributed by atoms with Crippen LogP contribution in [0.1, 0.15) is 32.6 Å². The zero-order valence-electron chi connectivity index (χ0n) is 9.82. The van der Waals surface area contributed by atoms with Crippen LogP contribution in [0.2, 0.25) is 0 Å². The highest BCUT2D eigenvalue weighted by Crippen LogP contribution is 2.27. The normalized spacial score (nSPS) is 26.1. The number of rotatable bonds is 3. The SMILES string of the molecule is CC1CCCN(c2nnc(CCCl)o2)C1C. The number of halogens is 1. The van der Waals surface area contributed by atoms with E-state index < -0.39 is 0 Å². The van der Waals surface area contributed by atoms with E-state index in [-0.39, 0.29) is 0 Å². The number of hydrogen-bond donors (Lipinski definition) is 0. The van der Waals surface area contributed by atoms with E-state index in [1.807, 2.05) is 0 Å². The van der Waals surface area contributed by atoms with Gasteiger partial charge in [0.2, 0.25) is 5.89 Å². The van der Waals surface area contributed by atoms with Crippen molar-refractivity contribution in [2.45, 2.75) is 39.2 Å². The second kappa shape index (κ2) is 5.04. The highest BCUT2D eigenvalue weighted by Gasteiger charge is 2.28. The molecule has 1 aromatic rings. The topological polar surface area (TPSA) is 42.2 Å². The molecule has 1 fully saturated rings. The predicted molar refractivity (Wildman–Crippen MR) is 63.9 cm³/mol. The smallest absolute Gasteiger partial charge is 0.318 e. The van der Waals surface area contributed by atoms with Gasteiger partial charge in [-0.15, -0.1) is 16.7 Å². The van der Waals surface area contributed by atoms with Crippen molar-refractivity contribution < 1.29 is 4.42 Å². The molecule has 2 heterocycles. The molecule has 0 aliphatic carbocycles. The zero-order chi connectivity index (χ0) is 11.5. The maximum Gasteiger partial charge on any atom is 0.318 e. The number of piperidine rings is 1. The summed E-state index contributed by atoms with van der Waals surface area (Å²) in [6.45, 7) is 5.50. The minimum atomic E-state index is 0.470. The molecule has 90 valence electrons. The molecule has 1 aromatic heterocycles. The molecule has 0 aromatic carbocycles. The first-order valence-electron chi connectivity index (χ1n) is 5.87. The Labute approximate surface area is 101 Å². The summed E-state index contributed by atoms with van der Waals surface area (Å²) < 4.78 is 5.60. The summed E-state index contributed by atoms with van der Waals surface area (Å²) in [5, 5.41) is 8.09. The lowest BCUT2D eigenvalue weighted by Crippen LogP contribution is -2.42. The Balaban J connectivity index is 2.09. The summed E-state index contributed by atoms with van der Waals surface area (Å²) in [6, 6.07) is 1.12. The molecule has 0 N–H and O–H groups in total. The third-order valence-corrected chi connectivity index (χ3v) is 3.57. The molecule has 0 radical (unpaired) electrons. The van der Waals surface area contributed by atoms with Gasteiger partial charge in [-0.05, 0) is 25.7 Å². The molecule has 16 heavy (non-hydrogen) atoms. The number of nitrogens with zero attached hydrogens (tertiary/aromatic N) is 3. The molecule has 4 nitrogen and oxygen atoms in total. The Morgan fingerprint density at radius 3 is 3.00 bits per heavy atom. The monoisotopic (exact) mass is 243 g/mol. The van der Waals surface area contributed by atoms with Crippen LogP contribution in [0.15, 0.2) is 4.42 Å². The minimum absolute atomic E-state index is 0.470.